The number of hydrogen-bond donors (Lipinski definition) is 2. The Bertz CT molecular complexity index is 517. The maximum Gasteiger partial charge on any atom is 0.478 e. The summed E-state index contributed by atoms with van der Waals surface area (Å²) in [5.41, 5.74) is 0. The fraction of sp³-hybridized carbons (Fsp3) is 0.429. The van der Waals surface area contributed by atoms with E-state index in [1.807, 2.05) is 23.6 Å². The number of carbonyl (C=O) groups is 2. The molecule has 7 heteroatoms. The Balaban J connectivity index is 1.87. The molecular formula is C14H18BNO4S. The van der Waals surface area contributed by atoms with Crippen LogP contribution in [0.1, 0.15) is 24.6 Å². The van der Waals surface area contributed by atoms with Gasteiger partial charge in [0.2, 0.25) is 5.91 Å². The molecule has 2 heterocycles. The van der Waals surface area contributed by atoms with Crippen LogP contribution in [-0.2, 0) is 20.7 Å². The van der Waals surface area contributed by atoms with E-state index < -0.39 is 19.2 Å². The second kappa shape index (κ2) is 7.54. The molecule has 1 aromatic rings. The highest BCUT2D eigenvalue weighted by Crippen LogP contribution is 2.14. The van der Waals surface area contributed by atoms with Crippen molar-refractivity contribution in [2.75, 3.05) is 0 Å². The second-order valence-electron chi connectivity index (χ2n) is 5.07. The molecule has 0 saturated heterocycles. The molecule has 0 unspecified atom stereocenters. The molecule has 0 fully saturated rings. The third kappa shape index (κ3) is 5.11. The molecular weight excluding hydrogens is 289 g/mol. The van der Waals surface area contributed by atoms with Crippen LogP contribution in [-0.4, -0.2) is 35.9 Å². The molecule has 5 nitrogen and oxygen atoms in total. The number of nitrogens with one attached hydrogen (secondary N) is 1. The van der Waals surface area contributed by atoms with Gasteiger partial charge in [-0.15, -0.1) is 11.3 Å². The van der Waals surface area contributed by atoms with Crippen LogP contribution in [0.2, 0.25) is 0 Å². The van der Waals surface area contributed by atoms with Crippen LogP contribution in [0.4, 0.5) is 0 Å². The van der Waals surface area contributed by atoms with Gasteiger partial charge < -0.3 is 15.0 Å². The van der Waals surface area contributed by atoms with Crippen LogP contribution < -0.4 is 5.32 Å². The SMILES string of the molecule is CC(=O)C[C@H]1C=CC[C@H](NC(=O)Cc2cccs2)B(O)O1. The first kappa shape index (κ1) is 15.9. The van der Waals surface area contributed by atoms with E-state index in [0.29, 0.717) is 12.8 Å². The Morgan fingerprint density at radius 3 is 3.05 bits per heavy atom. The Hall–Kier alpha value is -1.44. The first-order chi connectivity index (χ1) is 10.0. The Labute approximate surface area is 128 Å². The smallest absolute Gasteiger partial charge is 0.426 e. The van der Waals surface area contributed by atoms with Gasteiger partial charge in [0.1, 0.15) is 5.78 Å². The zero-order valence-electron chi connectivity index (χ0n) is 11.8. The quantitative estimate of drug-likeness (QED) is 0.631. The Kier molecular flexibility index (Phi) is 5.72. The average molecular weight is 307 g/mol. The predicted octanol–water partition coefficient (Wildman–Crippen LogP) is 1.12. The molecule has 0 bridgehead atoms. The van der Waals surface area contributed by atoms with Crippen molar-refractivity contribution < 1.29 is 19.3 Å². The lowest BCUT2D eigenvalue weighted by molar-refractivity contribution is -0.121. The van der Waals surface area contributed by atoms with Gasteiger partial charge in [-0.1, -0.05) is 18.2 Å². The van der Waals surface area contributed by atoms with Crippen molar-refractivity contribution in [1.82, 2.24) is 5.32 Å². The van der Waals surface area contributed by atoms with Gasteiger partial charge in [0, 0.05) is 11.3 Å². The summed E-state index contributed by atoms with van der Waals surface area (Å²) >= 11 is 1.52. The molecule has 0 spiro atoms. The fourth-order valence-corrected chi connectivity index (χ4v) is 2.88. The van der Waals surface area contributed by atoms with Crippen molar-refractivity contribution in [3.63, 3.8) is 0 Å². The van der Waals surface area contributed by atoms with Crippen LogP contribution in [0.15, 0.2) is 29.7 Å². The summed E-state index contributed by atoms with van der Waals surface area (Å²) in [5, 5.41) is 14.7. The van der Waals surface area contributed by atoms with Gasteiger partial charge >= 0.3 is 7.12 Å². The van der Waals surface area contributed by atoms with Crippen LogP contribution >= 0.6 is 11.3 Å². The Morgan fingerprint density at radius 2 is 2.38 bits per heavy atom. The first-order valence-electron chi connectivity index (χ1n) is 6.86. The minimum absolute atomic E-state index is 0.00275. The van der Waals surface area contributed by atoms with E-state index in [1.54, 1.807) is 6.08 Å². The molecule has 21 heavy (non-hydrogen) atoms. The minimum atomic E-state index is -1.11. The summed E-state index contributed by atoms with van der Waals surface area (Å²) in [5.74, 6) is -0.647. The highest BCUT2D eigenvalue weighted by molar-refractivity contribution is 7.10. The van der Waals surface area contributed by atoms with Gasteiger partial charge in [0.15, 0.2) is 0 Å². The maximum absolute atomic E-state index is 11.9. The zero-order chi connectivity index (χ0) is 15.2. The van der Waals surface area contributed by atoms with E-state index in [-0.39, 0.29) is 18.1 Å². The highest BCUT2D eigenvalue weighted by Gasteiger charge is 2.32. The van der Waals surface area contributed by atoms with E-state index in [4.69, 9.17) is 4.65 Å². The molecule has 1 aliphatic heterocycles. The monoisotopic (exact) mass is 307 g/mol. The van der Waals surface area contributed by atoms with Gasteiger partial charge in [-0.05, 0) is 24.8 Å². The third-order valence-corrected chi connectivity index (χ3v) is 4.03. The summed E-state index contributed by atoms with van der Waals surface area (Å²) in [4.78, 5) is 24.0. The van der Waals surface area contributed by atoms with Gasteiger partial charge in [-0.2, -0.15) is 0 Å². The number of ketones is 1. The van der Waals surface area contributed by atoms with Gasteiger partial charge in [0.05, 0.1) is 18.5 Å². The van der Waals surface area contributed by atoms with E-state index >= 15 is 0 Å². The molecule has 2 N–H and O–H groups in total. The number of rotatable bonds is 5. The van der Waals surface area contributed by atoms with Crippen LogP contribution in [0.3, 0.4) is 0 Å². The first-order valence-corrected chi connectivity index (χ1v) is 7.74. The van der Waals surface area contributed by atoms with E-state index in [1.165, 1.54) is 18.3 Å². The number of thiophene rings is 1. The topological polar surface area (TPSA) is 75.6 Å². The fourth-order valence-electron chi connectivity index (χ4n) is 2.17. The molecule has 1 aliphatic rings. The number of carbonyl (C=O) groups excluding carboxylic acids is 2. The largest absolute Gasteiger partial charge is 0.478 e. The lowest BCUT2D eigenvalue weighted by Gasteiger charge is -2.20. The molecule has 112 valence electrons. The van der Waals surface area contributed by atoms with Crippen LogP contribution in [0.25, 0.3) is 0 Å². The van der Waals surface area contributed by atoms with Crippen molar-refractivity contribution in [2.45, 2.75) is 38.2 Å². The van der Waals surface area contributed by atoms with Crippen molar-refractivity contribution in [2.24, 2.45) is 0 Å². The lowest BCUT2D eigenvalue weighted by Crippen LogP contribution is -2.48. The molecule has 2 rings (SSSR count). The molecule has 0 aliphatic carbocycles. The normalized spacial score (nSPS) is 21.9. The van der Waals surface area contributed by atoms with Gasteiger partial charge in [-0.25, -0.2) is 0 Å². The number of hydrogen-bond acceptors (Lipinski definition) is 5. The average Bonchev–Trinajstić information content (AvgIpc) is 2.83. The lowest BCUT2D eigenvalue weighted by atomic mass is 9.77. The van der Waals surface area contributed by atoms with E-state index in [0.717, 1.165) is 4.88 Å². The zero-order valence-corrected chi connectivity index (χ0v) is 12.6. The third-order valence-electron chi connectivity index (χ3n) is 3.15. The highest BCUT2D eigenvalue weighted by atomic mass is 32.1. The molecule has 2 atom stereocenters. The molecule has 0 radical (unpaired) electrons. The summed E-state index contributed by atoms with van der Waals surface area (Å²) in [6, 6.07) is 3.79. The predicted molar refractivity (Wildman–Crippen MR) is 81.9 cm³/mol. The van der Waals surface area contributed by atoms with Gasteiger partial charge in [0.25, 0.3) is 0 Å². The van der Waals surface area contributed by atoms with Crippen molar-refractivity contribution >= 4 is 30.1 Å². The molecule has 1 amide bonds. The summed E-state index contributed by atoms with van der Waals surface area (Å²) in [6.45, 7) is 1.48. The van der Waals surface area contributed by atoms with Crippen LogP contribution in [0.5, 0.6) is 0 Å². The molecule has 1 aromatic heterocycles. The molecule has 0 aromatic carbocycles. The summed E-state index contributed by atoms with van der Waals surface area (Å²) in [7, 11) is -1.11. The van der Waals surface area contributed by atoms with E-state index in [9.17, 15) is 14.6 Å². The van der Waals surface area contributed by atoms with Gasteiger partial charge in [-0.3, -0.25) is 9.59 Å². The second-order valence-corrected chi connectivity index (χ2v) is 6.10. The standard InChI is InChI=1S/C14H18BNO4S/c1-10(17)8-11-4-2-6-13(15(19)20-11)16-14(18)9-12-5-3-7-21-12/h2-5,7,11,13,19H,6,8-9H2,1H3,(H,16,18)/t11-,13+/m1/s1. The Morgan fingerprint density at radius 1 is 1.57 bits per heavy atom. The number of Topliss-reactive ketones (excluding diaryl/α,β-unsaturated/α-hetero) is 1. The number of amides is 1. The van der Waals surface area contributed by atoms with Crippen molar-refractivity contribution in [3.8, 4) is 0 Å². The minimum Gasteiger partial charge on any atom is -0.426 e. The van der Waals surface area contributed by atoms with E-state index in [2.05, 4.69) is 5.32 Å². The van der Waals surface area contributed by atoms with Crippen LogP contribution in [0, 0.1) is 0 Å². The maximum atomic E-state index is 11.9. The summed E-state index contributed by atoms with van der Waals surface area (Å²) in [6.07, 6.45) is 4.16. The van der Waals surface area contributed by atoms with Crippen molar-refractivity contribution in [3.05, 3.63) is 34.5 Å². The summed E-state index contributed by atoms with van der Waals surface area (Å²) < 4.78 is 5.41. The molecule has 0 saturated carbocycles. The van der Waals surface area contributed by atoms with Crippen molar-refractivity contribution in [1.29, 1.82) is 0 Å².